The maximum absolute atomic E-state index is 12.4. The zero-order valence-corrected chi connectivity index (χ0v) is 13.6. The molecule has 1 aliphatic heterocycles. The third kappa shape index (κ3) is 3.52. The van der Waals surface area contributed by atoms with Crippen LogP contribution in [0.5, 0.6) is 0 Å². The van der Waals surface area contributed by atoms with Crippen molar-refractivity contribution in [2.24, 2.45) is 15.3 Å². The monoisotopic (exact) mass is 354 g/mol. The van der Waals surface area contributed by atoms with E-state index in [9.17, 15) is 14.8 Å². The highest BCUT2D eigenvalue weighted by atomic mass is 16.8. The van der Waals surface area contributed by atoms with Crippen LogP contribution in [0.2, 0.25) is 0 Å². The largest absolute Gasteiger partial charge is 0.595 e. The molecule has 0 aliphatic carbocycles. The molecule has 2 aromatic rings. The molecule has 132 valence electrons. The number of azo groups is 1. The van der Waals surface area contributed by atoms with Gasteiger partial charge in [0.1, 0.15) is 0 Å². The highest BCUT2D eigenvalue weighted by Gasteiger charge is 2.38. The van der Waals surface area contributed by atoms with Crippen molar-refractivity contribution in [3.05, 3.63) is 59.6 Å². The lowest BCUT2D eigenvalue weighted by Gasteiger charge is -2.11. The summed E-state index contributed by atoms with van der Waals surface area (Å²) >= 11 is 0. The predicted molar refractivity (Wildman–Crippen MR) is 89.0 cm³/mol. The van der Waals surface area contributed by atoms with E-state index in [2.05, 4.69) is 20.3 Å². The van der Waals surface area contributed by atoms with Gasteiger partial charge in [-0.3, -0.25) is 14.6 Å². The molecule has 10 nitrogen and oxygen atoms in total. The van der Waals surface area contributed by atoms with Crippen LogP contribution in [0.1, 0.15) is 17.3 Å². The maximum atomic E-state index is 12.4. The third-order valence-corrected chi connectivity index (χ3v) is 3.60. The number of hydrogen-bond donors (Lipinski definition) is 2. The lowest BCUT2D eigenvalue weighted by Crippen LogP contribution is -2.99. The lowest BCUT2D eigenvalue weighted by molar-refractivity contribution is -0.991. The molecule has 2 atom stereocenters. The molecular weight excluding hydrogens is 340 g/mol. The van der Waals surface area contributed by atoms with E-state index >= 15 is 0 Å². The number of benzene rings is 1. The molecule has 26 heavy (non-hydrogen) atoms. The number of imide groups is 1. The fourth-order valence-electron chi connectivity index (χ4n) is 2.24. The molecule has 1 aromatic carbocycles. The molecule has 1 unspecified atom stereocenters. The number of hydrazone groups is 1. The Labute approximate surface area is 147 Å². The Balaban J connectivity index is 1.75. The van der Waals surface area contributed by atoms with Gasteiger partial charge in [0.2, 0.25) is 0 Å². The Bertz CT molecular complexity index is 879. The standard InChI is InChI=1S/C16H14N6O4/c1-10-14(19-18-12-4-6-13(7-5-12)22(25)26)16(24)21(20-10)15(23)11-3-2-8-17-9-11/h2-9,14,22,25H,1H3/t14-/m0/s1. The van der Waals surface area contributed by atoms with Gasteiger partial charge >= 0.3 is 0 Å². The molecule has 1 aliphatic rings. The number of aromatic nitrogens is 1. The minimum Gasteiger partial charge on any atom is -0.595 e. The molecule has 3 rings (SSSR count). The minimum atomic E-state index is -1.05. The van der Waals surface area contributed by atoms with Crippen molar-refractivity contribution in [3.63, 3.8) is 0 Å². The second-order valence-electron chi connectivity index (χ2n) is 5.41. The van der Waals surface area contributed by atoms with Gasteiger partial charge in [-0.1, -0.05) is 0 Å². The predicted octanol–water partition coefficient (Wildman–Crippen LogP) is 0.996. The van der Waals surface area contributed by atoms with Gasteiger partial charge in [-0.15, -0.1) is 0 Å². The van der Waals surface area contributed by atoms with Crippen LogP contribution in [0.15, 0.2) is 64.1 Å². The van der Waals surface area contributed by atoms with Crippen LogP contribution >= 0.6 is 0 Å². The van der Waals surface area contributed by atoms with Gasteiger partial charge in [-0.2, -0.15) is 25.6 Å². The van der Waals surface area contributed by atoms with E-state index in [-0.39, 0.29) is 11.3 Å². The third-order valence-electron chi connectivity index (χ3n) is 3.60. The van der Waals surface area contributed by atoms with Crippen molar-refractivity contribution in [2.45, 2.75) is 13.0 Å². The Morgan fingerprint density at radius 2 is 2.04 bits per heavy atom. The first-order chi connectivity index (χ1) is 12.5. The number of amides is 2. The van der Waals surface area contributed by atoms with Gasteiger partial charge in [0.15, 0.2) is 11.7 Å². The summed E-state index contributed by atoms with van der Waals surface area (Å²) in [6, 6.07) is 7.82. The van der Waals surface area contributed by atoms with E-state index in [0.29, 0.717) is 11.4 Å². The van der Waals surface area contributed by atoms with Crippen molar-refractivity contribution in [3.8, 4) is 0 Å². The number of pyridine rings is 1. The highest BCUT2D eigenvalue weighted by Crippen LogP contribution is 2.19. The number of nitrogens with zero attached hydrogens (tertiary/aromatic N) is 5. The van der Waals surface area contributed by atoms with Gasteiger partial charge in [0.05, 0.1) is 17.0 Å². The number of nitrogens with one attached hydrogen (secondary N) is 1. The van der Waals surface area contributed by atoms with Crippen LogP contribution in [0.3, 0.4) is 0 Å². The Morgan fingerprint density at radius 1 is 1.31 bits per heavy atom. The van der Waals surface area contributed by atoms with Crippen molar-refractivity contribution >= 4 is 28.9 Å². The first-order valence-electron chi connectivity index (χ1n) is 7.55. The highest BCUT2D eigenvalue weighted by molar-refractivity contribution is 6.18. The molecule has 0 saturated carbocycles. The van der Waals surface area contributed by atoms with Gasteiger partial charge < -0.3 is 5.21 Å². The maximum Gasteiger partial charge on any atom is 0.282 e. The summed E-state index contributed by atoms with van der Waals surface area (Å²) in [7, 11) is 0. The van der Waals surface area contributed by atoms with Crippen LogP contribution in [0, 0.1) is 5.21 Å². The van der Waals surface area contributed by atoms with Crippen molar-refractivity contribution in [1.82, 2.24) is 9.99 Å². The second kappa shape index (κ2) is 7.27. The van der Waals surface area contributed by atoms with Gasteiger partial charge in [-0.05, 0) is 31.2 Å². The molecule has 0 spiro atoms. The average molecular weight is 354 g/mol. The minimum absolute atomic E-state index is 0.117. The Kier molecular flexibility index (Phi) is 4.89. The van der Waals surface area contributed by atoms with Crippen LogP contribution in [0.4, 0.5) is 11.4 Å². The summed E-state index contributed by atoms with van der Waals surface area (Å²) in [5, 5.41) is 31.2. The van der Waals surface area contributed by atoms with Crippen LogP contribution in [-0.4, -0.2) is 38.8 Å². The van der Waals surface area contributed by atoms with E-state index in [0.717, 1.165) is 5.01 Å². The second-order valence-corrected chi connectivity index (χ2v) is 5.41. The van der Waals surface area contributed by atoms with E-state index in [1.54, 1.807) is 13.0 Å². The van der Waals surface area contributed by atoms with E-state index in [1.165, 1.54) is 42.7 Å². The van der Waals surface area contributed by atoms with Gasteiger partial charge in [0, 0.05) is 24.5 Å². The molecule has 0 bridgehead atoms. The van der Waals surface area contributed by atoms with Crippen LogP contribution in [-0.2, 0) is 4.79 Å². The number of quaternary nitrogens is 1. The summed E-state index contributed by atoms with van der Waals surface area (Å²) in [4.78, 5) is 28.6. The van der Waals surface area contributed by atoms with Crippen molar-refractivity contribution in [2.75, 3.05) is 0 Å². The first-order valence-corrected chi connectivity index (χ1v) is 7.55. The molecule has 10 heteroatoms. The lowest BCUT2D eigenvalue weighted by atomic mass is 10.2. The summed E-state index contributed by atoms with van der Waals surface area (Å²) in [5.41, 5.74) is 1.07. The topological polar surface area (TPSA) is 135 Å². The summed E-state index contributed by atoms with van der Waals surface area (Å²) in [5.74, 6) is -1.20. The SMILES string of the molecule is CC1=NN(C(=O)c2cccnc2)C(=O)[C@H]1N=Nc1ccc([NH+]([O-])O)cc1. The number of carbonyl (C=O) groups excluding carboxylic acids is 2. The van der Waals surface area contributed by atoms with Crippen LogP contribution in [0.25, 0.3) is 0 Å². The molecule has 0 fully saturated rings. The summed E-state index contributed by atoms with van der Waals surface area (Å²) in [6.45, 7) is 1.58. The van der Waals surface area contributed by atoms with E-state index in [4.69, 9.17) is 5.21 Å². The van der Waals surface area contributed by atoms with Crippen molar-refractivity contribution in [1.29, 1.82) is 0 Å². The fourth-order valence-corrected chi connectivity index (χ4v) is 2.24. The smallest absolute Gasteiger partial charge is 0.282 e. The van der Waals surface area contributed by atoms with E-state index < -0.39 is 23.1 Å². The zero-order valence-electron chi connectivity index (χ0n) is 13.6. The summed E-state index contributed by atoms with van der Waals surface area (Å²) < 4.78 is 0. The normalized spacial score (nSPS) is 18.3. The quantitative estimate of drug-likeness (QED) is 0.479. The number of hydrogen-bond acceptors (Lipinski definition) is 8. The first kappa shape index (κ1) is 17.5. The zero-order chi connectivity index (χ0) is 18.7. The molecule has 2 amide bonds. The van der Waals surface area contributed by atoms with E-state index in [1.807, 2.05) is 0 Å². The molecular formula is C16H14N6O4. The van der Waals surface area contributed by atoms with Crippen LogP contribution < -0.4 is 5.23 Å². The summed E-state index contributed by atoms with van der Waals surface area (Å²) in [6.07, 6.45) is 2.86. The Morgan fingerprint density at radius 3 is 2.65 bits per heavy atom. The van der Waals surface area contributed by atoms with Gasteiger partial charge in [0.25, 0.3) is 11.8 Å². The Hall–Kier alpha value is -3.34. The fraction of sp³-hybridized carbons (Fsp3) is 0.125. The molecule has 2 N–H and O–H groups in total. The van der Waals surface area contributed by atoms with Crippen molar-refractivity contribution < 1.29 is 20.0 Å². The number of rotatable bonds is 4. The molecule has 2 heterocycles. The molecule has 1 aromatic heterocycles. The average Bonchev–Trinajstić information content (AvgIpc) is 2.94. The van der Waals surface area contributed by atoms with Gasteiger partial charge in [-0.25, -0.2) is 5.21 Å². The molecule has 0 saturated heterocycles. The number of carbonyl (C=O) groups is 2. The molecule has 0 radical (unpaired) electrons.